The van der Waals surface area contributed by atoms with Crippen LogP contribution in [0.3, 0.4) is 0 Å². The standard InChI is InChI=1S/C18H23N3O.HI/c1-3-14-6-4-8-16(12-14)21-18(19)20-11-10-15-7-5-9-17(13-15)22-2;/h4-9,12-13H,3,10-11H2,1-2H3,(H3,19,20,21);1H. The fourth-order valence-electron chi connectivity index (χ4n) is 2.19. The number of guanidine groups is 1. The van der Waals surface area contributed by atoms with Gasteiger partial charge in [0, 0.05) is 12.2 Å². The minimum absolute atomic E-state index is 0. The molecule has 0 saturated carbocycles. The number of aliphatic imine (C=N–C) groups is 1. The van der Waals surface area contributed by atoms with Crippen molar-refractivity contribution < 1.29 is 4.74 Å². The number of nitrogens with two attached hydrogens (primary N) is 1. The van der Waals surface area contributed by atoms with E-state index in [1.807, 2.05) is 30.3 Å². The van der Waals surface area contributed by atoms with Gasteiger partial charge in [-0.3, -0.25) is 4.99 Å². The molecule has 0 fully saturated rings. The van der Waals surface area contributed by atoms with E-state index in [0.29, 0.717) is 12.5 Å². The zero-order valence-corrected chi connectivity index (χ0v) is 15.9. The van der Waals surface area contributed by atoms with Crippen LogP contribution in [0.2, 0.25) is 0 Å². The van der Waals surface area contributed by atoms with Crippen LogP contribution in [-0.2, 0) is 12.8 Å². The molecule has 0 amide bonds. The van der Waals surface area contributed by atoms with Gasteiger partial charge in [-0.15, -0.1) is 24.0 Å². The largest absolute Gasteiger partial charge is 0.497 e. The second-order valence-corrected chi connectivity index (χ2v) is 5.05. The van der Waals surface area contributed by atoms with E-state index in [-0.39, 0.29) is 24.0 Å². The molecule has 4 nitrogen and oxygen atoms in total. The van der Waals surface area contributed by atoms with E-state index in [1.165, 1.54) is 11.1 Å². The third-order valence-corrected chi connectivity index (χ3v) is 3.42. The van der Waals surface area contributed by atoms with Crippen LogP contribution in [0.1, 0.15) is 18.1 Å². The summed E-state index contributed by atoms with van der Waals surface area (Å²) in [5.41, 5.74) is 9.36. The molecule has 0 aromatic heterocycles. The maximum atomic E-state index is 5.93. The first-order valence-electron chi connectivity index (χ1n) is 7.50. The van der Waals surface area contributed by atoms with Crippen molar-refractivity contribution in [3.05, 3.63) is 59.7 Å². The second kappa shape index (κ2) is 10.1. The number of hydrogen-bond donors (Lipinski definition) is 2. The van der Waals surface area contributed by atoms with Crippen LogP contribution in [0.25, 0.3) is 0 Å². The molecule has 0 unspecified atom stereocenters. The molecule has 0 saturated heterocycles. The van der Waals surface area contributed by atoms with E-state index in [2.05, 4.69) is 35.4 Å². The molecule has 0 radical (unpaired) electrons. The van der Waals surface area contributed by atoms with Gasteiger partial charge in [0.1, 0.15) is 5.75 Å². The van der Waals surface area contributed by atoms with Gasteiger partial charge in [-0.05, 0) is 48.2 Å². The molecule has 0 aliphatic rings. The Balaban J connectivity index is 0.00000264. The third kappa shape index (κ3) is 6.48. The summed E-state index contributed by atoms with van der Waals surface area (Å²) < 4.78 is 5.21. The van der Waals surface area contributed by atoms with Gasteiger partial charge in [0.25, 0.3) is 0 Å². The highest BCUT2D eigenvalue weighted by molar-refractivity contribution is 14.0. The van der Waals surface area contributed by atoms with Gasteiger partial charge in [0.15, 0.2) is 5.96 Å². The number of benzene rings is 2. The lowest BCUT2D eigenvalue weighted by Crippen LogP contribution is -2.23. The minimum Gasteiger partial charge on any atom is -0.497 e. The van der Waals surface area contributed by atoms with Gasteiger partial charge in [-0.1, -0.05) is 31.2 Å². The summed E-state index contributed by atoms with van der Waals surface area (Å²) >= 11 is 0. The molecule has 23 heavy (non-hydrogen) atoms. The molecule has 0 heterocycles. The minimum atomic E-state index is 0. The zero-order chi connectivity index (χ0) is 15.8. The Hall–Kier alpha value is -1.76. The average Bonchev–Trinajstić information content (AvgIpc) is 2.55. The molecule has 0 atom stereocenters. The molecule has 124 valence electrons. The highest BCUT2D eigenvalue weighted by Crippen LogP contribution is 2.13. The summed E-state index contributed by atoms with van der Waals surface area (Å²) in [7, 11) is 1.67. The van der Waals surface area contributed by atoms with Crippen molar-refractivity contribution in [3.8, 4) is 5.75 Å². The first kappa shape index (κ1) is 19.3. The molecular formula is C18H24IN3O. The maximum absolute atomic E-state index is 5.93. The smallest absolute Gasteiger partial charge is 0.193 e. The van der Waals surface area contributed by atoms with Gasteiger partial charge in [-0.2, -0.15) is 0 Å². The summed E-state index contributed by atoms with van der Waals surface area (Å²) in [6.07, 6.45) is 1.83. The predicted octanol–water partition coefficient (Wildman–Crippen LogP) is 3.84. The van der Waals surface area contributed by atoms with Crippen molar-refractivity contribution >= 4 is 35.6 Å². The van der Waals surface area contributed by atoms with Crippen LogP contribution in [0.15, 0.2) is 53.5 Å². The predicted molar refractivity (Wildman–Crippen MR) is 108 cm³/mol. The summed E-state index contributed by atoms with van der Waals surface area (Å²) in [5.74, 6) is 1.31. The third-order valence-electron chi connectivity index (χ3n) is 3.42. The number of anilines is 1. The van der Waals surface area contributed by atoms with Crippen LogP contribution in [0, 0.1) is 0 Å². The van der Waals surface area contributed by atoms with Crippen molar-refractivity contribution in [2.75, 3.05) is 19.0 Å². The van der Waals surface area contributed by atoms with Crippen LogP contribution in [-0.4, -0.2) is 19.6 Å². The molecule has 0 bridgehead atoms. The van der Waals surface area contributed by atoms with E-state index in [4.69, 9.17) is 10.5 Å². The van der Waals surface area contributed by atoms with E-state index in [9.17, 15) is 0 Å². The number of aryl methyl sites for hydroxylation is 1. The van der Waals surface area contributed by atoms with Crippen molar-refractivity contribution in [1.29, 1.82) is 0 Å². The summed E-state index contributed by atoms with van der Waals surface area (Å²) in [6, 6.07) is 16.2. The molecule has 2 aromatic rings. The lowest BCUT2D eigenvalue weighted by atomic mass is 10.1. The van der Waals surface area contributed by atoms with Gasteiger partial charge < -0.3 is 15.8 Å². The Kier molecular flexibility index (Phi) is 8.47. The number of nitrogens with one attached hydrogen (secondary N) is 1. The number of halogens is 1. The van der Waals surface area contributed by atoms with E-state index in [1.54, 1.807) is 7.11 Å². The van der Waals surface area contributed by atoms with Gasteiger partial charge in [0.05, 0.1) is 7.11 Å². The van der Waals surface area contributed by atoms with Crippen molar-refractivity contribution in [2.45, 2.75) is 19.8 Å². The Morgan fingerprint density at radius 3 is 2.61 bits per heavy atom. The van der Waals surface area contributed by atoms with E-state index in [0.717, 1.165) is 24.3 Å². The van der Waals surface area contributed by atoms with Crippen molar-refractivity contribution in [2.24, 2.45) is 10.7 Å². The highest BCUT2D eigenvalue weighted by Gasteiger charge is 1.98. The first-order chi connectivity index (χ1) is 10.7. The van der Waals surface area contributed by atoms with E-state index >= 15 is 0 Å². The van der Waals surface area contributed by atoms with Crippen molar-refractivity contribution in [3.63, 3.8) is 0 Å². The quantitative estimate of drug-likeness (QED) is 0.420. The van der Waals surface area contributed by atoms with Crippen LogP contribution < -0.4 is 15.8 Å². The van der Waals surface area contributed by atoms with Crippen LogP contribution >= 0.6 is 24.0 Å². The molecule has 5 heteroatoms. The highest BCUT2D eigenvalue weighted by atomic mass is 127. The lowest BCUT2D eigenvalue weighted by molar-refractivity contribution is 0.414. The number of methoxy groups -OCH3 is 1. The maximum Gasteiger partial charge on any atom is 0.193 e. The molecular weight excluding hydrogens is 401 g/mol. The molecule has 2 rings (SSSR count). The van der Waals surface area contributed by atoms with Gasteiger partial charge in [0.2, 0.25) is 0 Å². The average molecular weight is 425 g/mol. The van der Waals surface area contributed by atoms with Gasteiger partial charge in [-0.25, -0.2) is 0 Å². The van der Waals surface area contributed by atoms with E-state index < -0.39 is 0 Å². The second-order valence-electron chi connectivity index (χ2n) is 5.05. The Morgan fingerprint density at radius 1 is 1.13 bits per heavy atom. The first-order valence-corrected chi connectivity index (χ1v) is 7.50. The number of hydrogen-bond acceptors (Lipinski definition) is 2. The lowest BCUT2D eigenvalue weighted by Gasteiger charge is -2.07. The van der Waals surface area contributed by atoms with Crippen LogP contribution in [0.5, 0.6) is 5.75 Å². The normalized spacial score (nSPS) is 10.8. The fraction of sp³-hybridized carbons (Fsp3) is 0.278. The molecule has 2 aromatic carbocycles. The summed E-state index contributed by atoms with van der Waals surface area (Å²) in [4.78, 5) is 4.37. The SMILES string of the molecule is CCc1cccc(NC(N)=NCCc2cccc(OC)c2)c1.I. The van der Waals surface area contributed by atoms with Gasteiger partial charge >= 0.3 is 0 Å². The molecule has 0 aliphatic carbocycles. The monoisotopic (exact) mass is 425 g/mol. The fourth-order valence-corrected chi connectivity index (χ4v) is 2.19. The number of nitrogens with zero attached hydrogens (tertiary/aromatic N) is 1. The Labute approximate surface area is 155 Å². The van der Waals surface area contributed by atoms with Crippen molar-refractivity contribution in [1.82, 2.24) is 0 Å². The number of ether oxygens (including phenoxy) is 1. The molecule has 0 spiro atoms. The van der Waals surface area contributed by atoms with Crippen LogP contribution in [0.4, 0.5) is 5.69 Å². The number of rotatable bonds is 6. The Morgan fingerprint density at radius 2 is 1.87 bits per heavy atom. The topological polar surface area (TPSA) is 59.6 Å². The zero-order valence-electron chi connectivity index (χ0n) is 13.6. The Bertz CT molecular complexity index is 644. The summed E-state index contributed by atoms with van der Waals surface area (Å²) in [5, 5.41) is 3.13. The molecule has 3 N–H and O–H groups in total. The summed E-state index contributed by atoms with van der Waals surface area (Å²) in [6.45, 7) is 2.77. The molecule has 0 aliphatic heterocycles.